The molecule has 3 aromatic carbocycles. The number of carbonyl (C=O) groups is 3. The Morgan fingerprint density at radius 1 is 0.912 bits per heavy atom. The molecule has 3 aliphatic rings. The van der Waals surface area contributed by atoms with E-state index < -0.39 is 49.3 Å². The molecule has 0 aliphatic heterocycles. The maximum Gasteiger partial charge on any atom is 0.265 e. The van der Waals surface area contributed by atoms with Crippen molar-refractivity contribution in [3.8, 4) is 11.6 Å². The van der Waals surface area contributed by atoms with Crippen molar-refractivity contribution in [2.75, 3.05) is 32.1 Å². The van der Waals surface area contributed by atoms with Crippen molar-refractivity contribution in [2.45, 2.75) is 90.4 Å². The van der Waals surface area contributed by atoms with E-state index in [4.69, 9.17) is 18.4 Å². The second kappa shape index (κ2) is 15.6. The largest absolute Gasteiger partial charge is 0.488 e. The quantitative estimate of drug-likeness (QED) is 0.101. The Morgan fingerprint density at radius 3 is 2.07 bits per heavy atom. The number of aromatic nitrogens is 1. The first-order valence-corrected chi connectivity index (χ1v) is 23.7. The van der Waals surface area contributed by atoms with Gasteiger partial charge in [0.15, 0.2) is 31.2 Å². The lowest BCUT2D eigenvalue weighted by Gasteiger charge is -2.56. The number of nitrogens with zero attached hydrogens (tertiary/aromatic N) is 3. The first kappa shape index (κ1) is 41.1. The highest BCUT2D eigenvalue weighted by Gasteiger charge is 2.70. The average molecular weight is 857 g/mol. The number of benzene rings is 3. The van der Waals surface area contributed by atoms with Crippen LogP contribution in [0.15, 0.2) is 75.7 Å². The number of fused-ring (bicyclic) bond motifs is 4. The second-order valence-corrected chi connectivity index (χ2v) is 22.9. The predicted molar refractivity (Wildman–Crippen MR) is 226 cm³/mol. The van der Waals surface area contributed by atoms with E-state index in [1.54, 1.807) is 0 Å². The van der Waals surface area contributed by atoms with Crippen LogP contribution in [0.25, 0.3) is 0 Å². The summed E-state index contributed by atoms with van der Waals surface area (Å²) in [5.41, 5.74) is 2.14. The molecule has 1 heterocycles. The summed E-state index contributed by atoms with van der Waals surface area (Å²) in [7, 11) is 0.929. The summed E-state index contributed by atoms with van der Waals surface area (Å²) in [6, 6.07) is 20.7. The van der Waals surface area contributed by atoms with E-state index in [1.165, 1.54) is 0 Å². The first-order chi connectivity index (χ1) is 27.0. The van der Waals surface area contributed by atoms with Gasteiger partial charge in [-0.3, -0.25) is 19.3 Å². The number of halogens is 1. The van der Waals surface area contributed by atoms with Gasteiger partial charge in [0.05, 0.1) is 23.2 Å². The molecule has 1 aromatic heterocycles. The van der Waals surface area contributed by atoms with Gasteiger partial charge in [0.1, 0.15) is 24.5 Å². The smallest absolute Gasteiger partial charge is 0.265 e. The summed E-state index contributed by atoms with van der Waals surface area (Å²) in [4.78, 5) is 51.1. The number of ketones is 3. The van der Waals surface area contributed by atoms with Crippen molar-refractivity contribution in [2.24, 2.45) is 17.8 Å². The monoisotopic (exact) mass is 855 g/mol. The average Bonchev–Trinajstić information content (AvgIpc) is 3.59. The van der Waals surface area contributed by atoms with Gasteiger partial charge in [0.2, 0.25) is 5.78 Å². The Hall–Kier alpha value is -4.10. The molecule has 0 amide bonds. The molecule has 0 bridgehead atoms. The highest BCUT2D eigenvalue weighted by molar-refractivity contribution is 9.10. The molecule has 5 atom stereocenters. The zero-order valence-electron chi connectivity index (χ0n) is 34.5. The van der Waals surface area contributed by atoms with Gasteiger partial charge in [-0.25, -0.2) is 0 Å². The van der Waals surface area contributed by atoms with Gasteiger partial charge in [-0.1, -0.05) is 81.4 Å². The van der Waals surface area contributed by atoms with Gasteiger partial charge in [-0.05, 0) is 109 Å². The minimum atomic E-state index is -2.90. The van der Waals surface area contributed by atoms with Crippen LogP contribution in [0.3, 0.4) is 0 Å². The molecule has 0 radical (unpaired) electrons. The minimum absolute atomic E-state index is 0.0166. The van der Waals surface area contributed by atoms with E-state index in [0.29, 0.717) is 29.9 Å². The molecule has 0 saturated heterocycles. The molecule has 1 unspecified atom stereocenters. The van der Waals surface area contributed by atoms with E-state index in [1.807, 2.05) is 98.8 Å². The third kappa shape index (κ3) is 7.00. The van der Waals surface area contributed by atoms with Crippen molar-refractivity contribution in [3.63, 3.8) is 0 Å². The topological polar surface area (TPSA) is 111 Å². The molecule has 57 heavy (non-hydrogen) atoms. The minimum Gasteiger partial charge on any atom is -0.488 e. The van der Waals surface area contributed by atoms with Gasteiger partial charge in [-0.2, -0.15) is 0 Å². The van der Waals surface area contributed by atoms with Crippen molar-refractivity contribution in [1.29, 1.82) is 0 Å². The fourth-order valence-corrected chi connectivity index (χ4v) is 11.1. The predicted octanol–water partition coefficient (Wildman–Crippen LogP) is 9.26. The summed E-state index contributed by atoms with van der Waals surface area (Å²) in [5.74, 6) is -2.81. The zero-order chi connectivity index (χ0) is 41.0. The van der Waals surface area contributed by atoms with Crippen LogP contribution in [-0.2, 0) is 28.9 Å². The normalized spacial score (nSPS) is 23.1. The molecule has 12 heteroatoms. The highest BCUT2D eigenvalue weighted by Crippen LogP contribution is 2.59. The molecule has 302 valence electrons. The summed E-state index contributed by atoms with van der Waals surface area (Å²) < 4.78 is 26.9. The molecule has 1 saturated carbocycles. The van der Waals surface area contributed by atoms with Crippen LogP contribution in [0.1, 0.15) is 90.2 Å². The van der Waals surface area contributed by atoms with Crippen molar-refractivity contribution in [1.82, 2.24) is 10.1 Å². The molecule has 1 fully saturated rings. The van der Waals surface area contributed by atoms with E-state index in [-0.39, 0.29) is 35.5 Å². The van der Waals surface area contributed by atoms with E-state index in [0.717, 1.165) is 39.9 Å². The van der Waals surface area contributed by atoms with Crippen molar-refractivity contribution < 1.29 is 32.8 Å². The number of hydrogen-bond acceptors (Lipinski definition) is 10. The third-order valence-electron chi connectivity index (χ3n) is 12.7. The summed E-state index contributed by atoms with van der Waals surface area (Å²) in [6.45, 7) is 16.4. The van der Waals surface area contributed by atoms with Crippen LogP contribution in [-0.4, -0.2) is 68.5 Å². The van der Waals surface area contributed by atoms with Crippen molar-refractivity contribution in [3.05, 3.63) is 105 Å². The van der Waals surface area contributed by atoms with Crippen LogP contribution >= 0.6 is 15.9 Å². The number of Topliss-reactive ketones (excluding diaryl/α,β-unsaturated/α-hetero) is 3. The molecule has 0 spiro atoms. The molecule has 3 aliphatic carbocycles. The number of anilines is 1. The summed E-state index contributed by atoms with van der Waals surface area (Å²) in [5, 5.41) is 3.95. The SMILES string of the molecule is CCN(CC)c1c(Br)cc(OCc2ccccc2)c2c1C[C@H]1C[C@H]3[C@H](N(C)C)c4onc(OCc5ccccc5)c4C(=O)[C@@]3(O[Si](C)(C)C(C)(C)C)C(=O)C1C2=O. The fourth-order valence-electron chi connectivity index (χ4n) is 8.92. The van der Waals surface area contributed by atoms with Gasteiger partial charge < -0.3 is 23.3 Å². The number of hydrogen-bond donors (Lipinski definition) is 0. The Balaban J connectivity index is 1.40. The fraction of sp³-hybridized carbons (Fsp3) is 0.467. The molecule has 7 rings (SSSR count). The van der Waals surface area contributed by atoms with Gasteiger partial charge >= 0.3 is 0 Å². The second-order valence-electron chi connectivity index (χ2n) is 17.4. The molecule has 10 nitrogen and oxygen atoms in total. The van der Waals surface area contributed by atoms with Crippen LogP contribution in [0.2, 0.25) is 18.1 Å². The van der Waals surface area contributed by atoms with Crippen molar-refractivity contribution >= 4 is 47.3 Å². The highest BCUT2D eigenvalue weighted by atomic mass is 79.9. The maximum atomic E-state index is 15.9. The van der Waals surface area contributed by atoms with Crippen LogP contribution in [0, 0.1) is 17.8 Å². The van der Waals surface area contributed by atoms with Gasteiger partial charge in [0.25, 0.3) is 5.88 Å². The summed E-state index contributed by atoms with van der Waals surface area (Å²) >= 11 is 3.86. The Morgan fingerprint density at radius 2 is 1.51 bits per heavy atom. The van der Waals surface area contributed by atoms with Crippen LogP contribution < -0.4 is 14.4 Å². The van der Waals surface area contributed by atoms with Crippen LogP contribution in [0.4, 0.5) is 5.69 Å². The third-order valence-corrected chi connectivity index (χ3v) is 17.8. The molecular formula is C45H54BrN3O7Si. The Kier molecular flexibility index (Phi) is 11.2. The Labute approximate surface area is 345 Å². The lowest BCUT2D eigenvalue weighted by molar-refractivity contribution is -0.151. The lowest BCUT2D eigenvalue weighted by atomic mass is 9.54. The zero-order valence-corrected chi connectivity index (χ0v) is 37.1. The number of carbonyl (C=O) groups excluding carboxylic acids is 3. The van der Waals surface area contributed by atoms with E-state index in [9.17, 15) is 0 Å². The number of rotatable bonds is 12. The Bertz CT molecular complexity index is 2160. The first-order valence-electron chi connectivity index (χ1n) is 20.0. The summed E-state index contributed by atoms with van der Waals surface area (Å²) in [6.07, 6.45) is 0.815. The lowest BCUT2D eigenvalue weighted by Crippen LogP contribution is -2.70. The van der Waals surface area contributed by atoms with E-state index >= 15 is 14.4 Å². The van der Waals surface area contributed by atoms with Gasteiger partial charge in [0, 0.05) is 23.5 Å². The standard InChI is InChI=1S/C45H54BrN3O7Si/c1-10-49(11-2)37-30-22-29-23-31-38(48(6)7)40-36(43(47-55-40)54-26-28-20-16-13-17-21-28)42(52)45(31,56-57(8,9)44(3,4)5)41(51)34(29)39(50)35(30)33(24-32(37)46)53-25-27-18-14-12-15-19-27/h12-21,24,29,31,34,38H,10-11,22-23,25-26H2,1-9H3/t29-,31-,34?,38-,45-/m0/s1. The van der Waals surface area contributed by atoms with E-state index in [2.05, 4.69) is 60.6 Å². The van der Waals surface area contributed by atoms with Crippen LogP contribution in [0.5, 0.6) is 11.6 Å². The maximum absolute atomic E-state index is 15.9. The van der Waals surface area contributed by atoms with Gasteiger partial charge in [-0.15, -0.1) is 0 Å². The number of ether oxygens (including phenoxy) is 2. The molecular weight excluding hydrogens is 802 g/mol. The molecule has 4 aromatic rings. The molecule has 0 N–H and O–H groups in total.